The van der Waals surface area contributed by atoms with E-state index in [2.05, 4.69) is 20.0 Å². The number of benzene rings is 1. The van der Waals surface area contributed by atoms with Crippen molar-refractivity contribution in [2.24, 2.45) is 0 Å². The molecule has 0 N–H and O–H groups in total. The summed E-state index contributed by atoms with van der Waals surface area (Å²) in [4.78, 5) is 22.8. The Balaban J connectivity index is 1.31. The molecule has 1 aromatic carbocycles. The van der Waals surface area contributed by atoms with Gasteiger partial charge in [0.2, 0.25) is 0 Å². The van der Waals surface area contributed by atoms with Gasteiger partial charge in [0.1, 0.15) is 6.61 Å². The Labute approximate surface area is 174 Å². The molecule has 1 saturated heterocycles. The zero-order valence-electron chi connectivity index (χ0n) is 17.0. The molecule has 0 spiro atoms. The molecule has 4 heterocycles. The van der Waals surface area contributed by atoms with Crippen LogP contribution in [0.1, 0.15) is 44.4 Å². The highest BCUT2D eigenvalue weighted by molar-refractivity contribution is 5.93. The predicted octanol–water partition coefficient (Wildman–Crippen LogP) is 2.52. The summed E-state index contributed by atoms with van der Waals surface area (Å²) in [5.41, 5.74) is 5.86. The first-order chi connectivity index (χ1) is 14.6. The van der Waals surface area contributed by atoms with Crippen LogP contribution in [0.2, 0.25) is 0 Å². The van der Waals surface area contributed by atoms with E-state index in [1.165, 1.54) is 0 Å². The monoisotopic (exact) mass is 405 g/mol. The van der Waals surface area contributed by atoms with E-state index >= 15 is 0 Å². The molecule has 5 rings (SSSR count). The van der Waals surface area contributed by atoms with Crippen LogP contribution >= 0.6 is 0 Å². The van der Waals surface area contributed by atoms with Gasteiger partial charge in [0.05, 0.1) is 36.4 Å². The van der Waals surface area contributed by atoms with Crippen molar-refractivity contribution in [2.75, 3.05) is 19.7 Å². The molecule has 1 atom stereocenters. The molecule has 0 bridgehead atoms. The number of carbonyl (C=O) groups excluding carboxylic acids is 1. The molecule has 154 valence electrons. The van der Waals surface area contributed by atoms with Gasteiger partial charge < -0.3 is 9.47 Å². The van der Waals surface area contributed by atoms with Crippen molar-refractivity contribution in [1.29, 1.82) is 0 Å². The summed E-state index contributed by atoms with van der Waals surface area (Å²) >= 11 is 0. The standard InChI is InChI=1S/C22H23N5O3/c1-14-7-23-9-21(25-14)27-11-16(8-24-27)10-26-5-6-29-20(12-26)17-3-4-18-19(15(17)2)13-30-22(18)28/h3-4,7-9,11,20H,5-6,10,12-13H2,1-2H3/t20-/m0/s1. The van der Waals surface area contributed by atoms with E-state index in [-0.39, 0.29) is 12.1 Å². The van der Waals surface area contributed by atoms with Crippen LogP contribution in [0.4, 0.5) is 0 Å². The first kappa shape index (κ1) is 18.9. The molecular formula is C22H23N5O3. The van der Waals surface area contributed by atoms with Crippen molar-refractivity contribution in [2.45, 2.75) is 33.1 Å². The first-order valence-corrected chi connectivity index (χ1v) is 10.0. The maximum absolute atomic E-state index is 11.8. The molecule has 30 heavy (non-hydrogen) atoms. The van der Waals surface area contributed by atoms with Gasteiger partial charge in [-0.05, 0) is 31.0 Å². The van der Waals surface area contributed by atoms with Crippen LogP contribution in [0.25, 0.3) is 5.82 Å². The number of nitrogens with zero attached hydrogens (tertiary/aromatic N) is 5. The lowest BCUT2D eigenvalue weighted by atomic mass is 9.94. The molecule has 3 aromatic rings. The second kappa shape index (κ2) is 7.62. The van der Waals surface area contributed by atoms with Gasteiger partial charge in [-0.25, -0.2) is 14.5 Å². The minimum atomic E-state index is -0.235. The number of morpholine rings is 1. The van der Waals surface area contributed by atoms with E-state index in [1.54, 1.807) is 17.1 Å². The van der Waals surface area contributed by atoms with Crippen molar-refractivity contribution in [3.05, 3.63) is 70.4 Å². The van der Waals surface area contributed by atoms with Gasteiger partial charge in [-0.15, -0.1) is 0 Å². The summed E-state index contributed by atoms with van der Waals surface area (Å²) in [5.74, 6) is 0.479. The predicted molar refractivity (Wildman–Crippen MR) is 108 cm³/mol. The number of fused-ring (bicyclic) bond motifs is 1. The number of esters is 1. The van der Waals surface area contributed by atoms with Crippen LogP contribution < -0.4 is 0 Å². The second-order valence-electron chi connectivity index (χ2n) is 7.79. The molecule has 2 aliphatic heterocycles. The highest BCUT2D eigenvalue weighted by atomic mass is 16.5. The number of aryl methyl sites for hydroxylation is 1. The zero-order valence-corrected chi connectivity index (χ0v) is 17.0. The topological polar surface area (TPSA) is 82.4 Å². The molecule has 2 aliphatic rings. The third-order valence-corrected chi connectivity index (χ3v) is 5.72. The van der Waals surface area contributed by atoms with Gasteiger partial charge >= 0.3 is 5.97 Å². The Morgan fingerprint density at radius 1 is 1.20 bits per heavy atom. The van der Waals surface area contributed by atoms with Crippen molar-refractivity contribution in [1.82, 2.24) is 24.6 Å². The molecule has 0 aliphatic carbocycles. The Bertz CT molecular complexity index is 1110. The van der Waals surface area contributed by atoms with Crippen LogP contribution in [-0.2, 0) is 22.6 Å². The zero-order chi connectivity index (χ0) is 20.7. The number of ether oxygens (including phenoxy) is 2. The Hall–Kier alpha value is -3.10. The molecule has 0 saturated carbocycles. The Morgan fingerprint density at radius 3 is 2.97 bits per heavy atom. The summed E-state index contributed by atoms with van der Waals surface area (Å²) < 4.78 is 13.0. The molecule has 1 fully saturated rings. The van der Waals surface area contributed by atoms with E-state index in [9.17, 15) is 4.79 Å². The Kier molecular flexibility index (Phi) is 4.80. The number of cyclic esters (lactones) is 1. The van der Waals surface area contributed by atoms with E-state index in [0.29, 0.717) is 24.6 Å². The Morgan fingerprint density at radius 2 is 2.10 bits per heavy atom. The molecule has 2 aromatic heterocycles. The SMILES string of the molecule is Cc1cncc(-n2cc(CN3CCO[C@H](c4ccc5c(c4C)COC5=O)C3)cn2)n1. The summed E-state index contributed by atoms with van der Waals surface area (Å²) in [5, 5.41) is 4.44. The van der Waals surface area contributed by atoms with E-state index in [0.717, 1.165) is 47.6 Å². The third-order valence-electron chi connectivity index (χ3n) is 5.72. The first-order valence-electron chi connectivity index (χ1n) is 10.0. The van der Waals surface area contributed by atoms with Crippen LogP contribution in [0.5, 0.6) is 0 Å². The minimum absolute atomic E-state index is 0.0302. The third kappa shape index (κ3) is 3.48. The van der Waals surface area contributed by atoms with Gasteiger partial charge in [0.15, 0.2) is 5.82 Å². The maximum atomic E-state index is 11.8. The van der Waals surface area contributed by atoms with Crippen molar-refractivity contribution in [3.63, 3.8) is 0 Å². The fourth-order valence-corrected chi connectivity index (χ4v) is 4.14. The normalized spacial score (nSPS) is 19.0. The maximum Gasteiger partial charge on any atom is 0.338 e. The van der Waals surface area contributed by atoms with Crippen LogP contribution in [0, 0.1) is 13.8 Å². The smallest absolute Gasteiger partial charge is 0.338 e. The molecule has 0 radical (unpaired) electrons. The largest absolute Gasteiger partial charge is 0.457 e. The average Bonchev–Trinajstić information content (AvgIpc) is 3.36. The van der Waals surface area contributed by atoms with E-state index < -0.39 is 0 Å². The highest BCUT2D eigenvalue weighted by Gasteiger charge is 2.29. The van der Waals surface area contributed by atoms with Gasteiger partial charge in [-0.3, -0.25) is 9.88 Å². The summed E-state index contributed by atoms with van der Waals surface area (Å²) in [6, 6.07) is 3.87. The summed E-state index contributed by atoms with van der Waals surface area (Å²) in [6.07, 6.45) is 7.28. The second-order valence-corrected chi connectivity index (χ2v) is 7.79. The summed E-state index contributed by atoms with van der Waals surface area (Å²) in [6.45, 7) is 7.40. The number of rotatable bonds is 4. The van der Waals surface area contributed by atoms with Crippen LogP contribution in [0.15, 0.2) is 36.9 Å². The fourth-order valence-electron chi connectivity index (χ4n) is 4.14. The molecular weight excluding hydrogens is 382 g/mol. The number of carbonyl (C=O) groups is 1. The number of aromatic nitrogens is 4. The number of hydrogen-bond donors (Lipinski definition) is 0. The average molecular weight is 405 g/mol. The molecule has 0 amide bonds. The fraction of sp³-hybridized carbons (Fsp3) is 0.364. The van der Waals surface area contributed by atoms with Gasteiger partial charge in [0, 0.05) is 43.2 Å². The number of hydrogen-bond acceptors (Lipinski definition) is 7. The quantitative estimate of drug-likeness (QED) is 0.617. The molecule has 0 unspecified atom stereocenters. The minimum Gasteiger partial charge on any atom is -0.457 e. The van der Waals surface area contributed by atoms with Gasteiger partial charge in [-0.1, -0.05) is 6.07 Å². The molecule has 8 nitrogen and oxygen atoms in total. The van der Waals surface area contributed by atoms with E-state index in [4.69, 9.17) is 9.47 Å². The lowest BCUT2D eigenvalue weighted by Crippen LogP contribution is -2.38. The highest BCUT2D eigenvalue weighted by Crippen LogP contribution is 2.32. The van der Waals surface area contributed by atoms with Gasteiger partial charge in [0.25, 0.3) is 0 Å². The van der Waals surface area contributed by atoms with Crippen molar-refractivity contribution in [3.8, 4) is 5.82 Å². The van der Waals surface area contributed by atoms with Crippen molar-refractivity contribution >= 4 is 5.97 Å². The van der Waals surface area contributed by atoms with Crippen molar-refractivity contribution < 1.29 is 14.3 Å². The lowest BCUT2D eigenvalue weighted by molar-refractivity contribution is -0.0332. The lowest BCUT2D eigenvalue weighted by Gasteiger charge is -2.33. The van der Waals surface area contributed by atoms with Crippen LogP contribution in [0.3, 0.4) is 0 Å². The summed E-state index contributed by atoms with van der Waals surface area (Å²) in [7, 11) is 0. The molecule has 8 heteroatoms. The van der Waals surface area contributed by atoms with E-state index in [1.807, 2.05) is 38.4 Å². The van der Waals surface area contributed by atoms with Crippen LogP contribution in [-0.4, -0.2) is 50.3 Å². The van der Waals surface area contributed by atoms with Gasteiger partial charge in [-0.2, -0.15) is 5.10 Å².